The summed E-state index contributed by atoms with van der Waals surface area (Å²) < 4.78 is 4.67. The summed E-state index contributed by atoms with van der Waals surface area (Å²) in [6.07, 6.45) is 1.79. The second-order valence-corrected chi connectivity index (χ2v) is 8.16. The molecule has 7 nitrogen and oxygen atoms in total. The second-order valence-electron chi connectivity index (χ2n) is 7.22. The van der Waals surface area contributed by atoms with E-state index in [0.29, 0.717) is 22.1 Å². The van der Waals surface area contributed by atoms with Crippen LogP contribution in [0.4, 0.5) is 11.4 Å². The maximum atomic E-state index is 12.8. The van der Waals surface area contributed by atoms with Crippen LogP contribution in [0.5, 0.6) is 0 Å². The van der Waals surface area contributed by atoms with Gasteiger partial charge in [0.05, 0.1) is 18.4 Å². The highest BCUT2D eigenvalue weighted by Gasteiger charge is 2.31. The molecule has 0 bridgehead atoms. The lowest BCUT2D eigenvalue weighted by atomic mass is 10.1. The number of amidine groups is 1. The van der Waals surface area contributed by atoms with Gasteiger partial charge in [0.15, 0.2) is 5.17 Å². The van der Waals surface area contributed by atoms with Crippen LogP contribution in [0.25, 0.3) is 6.08 Å². The average molecular weight is 472 g/mol. The molecule has 3 aromatic carbocycles. The van der Waals surface area contributed by atoms with E-state index < -0.39 is 5.97 Å². The largest absolute Gasteiger partial charge is 0.465 e. The number of rotatable bonds is 6. The molecule has 0 saturated heterocycles. The van der Waals surface area contributed by atoms with E-state index in [-0.39, 0.29) is 17.6 Å². The van der Waals surface area contributed by atoms with Gasteiger partial charge in [0, 0.05) is 11.4 Å². The van der Waals surface area contributed by atoms with Crippen molar-refractivity contribution >= 4 is 52.2 Å². The number of carbonyl (C=O) groups excluding carboxylic acids is 3. The molecule has 2 amide bonds. The van der Waals surface area contributed by atoms with Crippen LogP contribution in [0.2, 0.25) is 0 Å². The molecule has 0 aromatic heterocycles. The van der Waals surface area contributed by atoms with Gasteiger partial charge >= 0.3 is 5.97 Å². The first-order valence-corrected chi connectivity index (χ1v) is 11.4. The van der Waals surface area contributed by atoms with Crippen LogP contribution in [0.15, 0.2) is 95.6 Å². The Bertz CT molecular complexity index is 1260. The summed E-state index contributed by atoms with van der Waals surface area (Å²) in [5.74, 6) is -1.03. The van der Waals surface area contributed by atoms with E-state index in [1.807, 2.05) is 60.7 Å². The Labute approximate surface area is 201 Å². The second kappa shape index (κ2) is 10.6. The van der Waals surface area contributed by atoms with Gasteiger partial charge in [0.2, 0.25) is 5.91 Å². The Hall–Kier alpha value is -4.17. The van der Waals surface area contributed by atoms with Crippen molar-refractivity contribution in [2.75, 3.05) is 23.1 Å². The SMILES string of the molecule is COC(=O)c1ccc(NC(=O)CSC2=NC(=O)C(=Cc3ccccc3)N2c2ccccc2)cc1. The monoisotopic (exact) mass is 471 g/mol. The molecule has 170 valence electrons. The molecule has 0 unspecified atom stereocenters. The number of amides is 2. The van der Waals surface area contributed by atoms with Crippen LogP contribution in [0, 0.1) is 0 Å². The van der Waals surface area contributed by atoms with Gasteiger partial charge in [-0.2, -0.15) is 4.99 Å². The number of benzene rings is 3. The molecule has 34 heavy (non-hydrogen) atoms. The van der Waals surface area contributed by atoms with Crippen molar-refractivity contribution in [2.45, 2.75) is 0 Å². The summed E-state index contributed by atoms with van der Waals surface area (Å²) in [5.41, 5.74) is 3.01. The molecule has 4 rings (SSSR count). The molecule has 1 N–H and O–H groups in total. The Morgan fingerprint density at radius 2 is 1.62 bits per heavy atom. The van der Waals surface area contributed by atoms with Crippen LogP contribution in [-0.4, -0.2) is 35.8 Å². The average Bonchev–Trinajstić information content (AvgIpc) is 3.18. The van der Waals surface area contributed by atoms with Crippen LogP contribution in [0.3, 0.4) is 0 Å². The van der Waals surface area contributed by atoms with Crippen LogP contribution < -0.4 is 10.2 Å². The number of hydrogen-bond donors (Lipinski definition) is 1. The predicted octanol–water partition coefficient (Wildman–Crippen LogP) is 4.59. The molecule has 1 aliphatic rings. The third kappa shape index (κ3) is 5.41. The lowest BCUT2D eigenvalue weighted by Gasteiger charge is -2.21. The zero-order valence-electron chi connectivity index (χ0n) is 18.3. The van der Waals surface area contributed by atoms with Crippen molar-refractivity contribution < 1.29 is 19.1 Å². The van der Waals surface area contributed by atoms with E-state index in [1.165, 1.54) is 18.9 Å². The fourth-order valence-electron chi connectivity index (χ4n) is 3.28. The van der Waals surface area contributed by atoms with Crippen LogP contribution >= 0.6 is 11.8 Å². The quantitative estimate of drug-likeness (QED) is 0.418. The maximum Gasteiger partial charge on any atom is 0.337 e. The highest BCUT2D eigenvalue weighted by Crippen LogP contribution is 2.31. The van der Waals surface area contributed by atoms with E-state index in [0.717, 1.165) is 11.3 Å². The zero-order chi connectivity index (χ0) is 23.9. The number of esters is 1. The minimum Gasteiger partial charge on any atom is -0.465 e. The van der Waals surface area contributed by atoms with Crippen molar-refractivity contribution in [3.8, 4) is 0 Å². The van der Waals surface area contributed by atoms with Crippen molar-refractivity contribution in [3.05, 3.63) is 102 Å². The molecule has 0 radical (unpaired) electrons. The normalized spacial score (nSPS) is 14.1. The molecule has 0 fully saturated rings. The standard InChI is InChI=1S/C26H21N3O4S/c1-33-25(32)19-12-14-20(15-13-19)27-23(30)17-34-26-28-24(31)22(16-18-8-4-2-5-9-18)29(26)21-10-6-3-7-11-21/h2-16H,17H2,1H3,(H,27,30). The molecular formula is C26H21N3O4S. The Kier molecular flexibility index (Phi) is 7.19. The number of aliphatic imine (C=N–C) groups is 1. The lowest BCUT2D eigenvalue weighted by Crippen LogP contribution is -2.26. The van der Waals surface area contributed by atoms with Gasteiger partial charge in [-0.15, -0.1) is 0 Å². The topological polar surface area (TPSA) is 88.1 Å². The Morgan fingerprint density at radius 3 is 2.26 bits per heavy atom. The summed E-state index contributed by atoms with van der Waals surface area (Å²) in [4.78, 5) is 42.8. The molecule has 0 aliphatic carbocycles. The van der Waals surface area contributed by atoms with Crippen molar-refractivity contribution in [2.24, 2.45) is 4.99 Å². The highest BCUT2D eigenvalue weighted by molar-refractivity contribution is 8.14. The predicted molar refractivity (Wildman–Crippen MR) is 135 cm³/mol. The summed E-state index contributed by atoms with van der Waals surface area (Å²) in [6.45, 7) is 0. The number of nitrogens with zero attached hydrogens (tertiary/aromatic N) is 2. The zero-order valence-corrected chi connectivity index (χ0v) is 19.1. The fraction of sp³-hybridized carbons (Fsp3) is 0.0769. The van der Waals surface area contributed by atoms with Gasteiger partial charge in [-0.1, -0.05) is 60.3 Å². The van der Waals surface area contributed by atoms with Gasteiger partial charge in [-0.05, 0) is 48.0 Å². The Morgan fingerprint density at radius 1 is 0.971 bits per heavy atom. The molecule has 1 heterocycles. The van der Waals surface area contributed by atoms with E-state index in [1.54, 1.807) is 35.2 Å². The molecule has 1 aliphatic heterocycles. The number of ether oxygens (including phenoxy) is 1. The van der Waals surface area contributed by atoms with E-state index in [9.17, 15) is 14.4 Å². The third-order valence-electron chi connectivity index (χ3n) is 4.89. The fourth-order valence-corrected chi connectivity index (χ4v) is 4.10. The molecule has 3 aromatic rings. The number of para-hydroxylation sites is 1. The number of nitrogens with one attached hydrogen (secondary N) is 1. The minimum absolute atomic E-state index is 0.0484. The van der Waals surface area contributed by atoms with Gasteiger partial charge in [-0.3, -0.25) is 14.5 Å². The minimum atomic E-state index is -0.447. The summed E-state index contributed by atoms with van der Waals surface area (Å²) in [6, 6.07) is 25.4. The summed E-state index contributed by atoms with van der Waals surface area (Å²) in [5, 5.41) is 3.21. The first-order chi connectivity index (χ1) is 16.5. The number of methoxy groups -OCH3 is 1. The van der Waals surface area contributed by atoms with E-state index in [4.69, 9.17) is 0 Å². The number of hydrogen-bond acceptors (Lipinski definition) is 6. The van der Waals surface area contributed by atoms with Crippen molar-refractivity contribution in [1.82, 2.24) is 0 Å². The van der Waals surface area contributed by atoms with Gasteiger partial charge in [-0.25, -0.2) is 4.79 Å². The molecule has 0 atom stereocenters. The third-order valence-corrected chi connectivity index (χ3v) is 5.83. The van der Waals surface area contributed by atoms with Gasteiger partial charge in [0.1, 0.15) is 5.70 Å². The first kappa shape index (κ1) is 23.0. The van der Waals surface area contributed by atoms with Crippen molar-refractivity contribution in [1.29, 1.82) is 0 Å². The lowest BCUT2D eigenvalue weighted by molar-refractivity contribution is -0.114. The molecule has 0 spiro atoms. The van der Waals surface area contributed by atoms with Crippen LogP contribution in [0.1, 0.15) is 15.9 Å². The van der Waals surface area contributed by atoms with E-state index in [2.05, 4.69) is 15.0 Å². The first-order valence-electron chi connectivity index (χ1n) is 10.4. The maximum absolute atomic E-state index is 12.8. The number of thioether (sulfide) groups is 1. The molecule has 0 saturated carbocycles. The number of carbonyl (C=O) groups is 3. The molecular weight excluding hydrogens is 450 g/mol. The van der Waals surface area contributed by atoms with Crippen LogP contribution in [-0.2, 0) is 14.3 Å². The van der Waals surface area contributed by atoms with Gasteiger partial charge < -0.3 is 10.1 Å². The molecule has 8 heteroatoms. The number of anilines is 2. The van der Waals surface area contributed by atoms with Crippen molar-refractivity contribution in [3.63, 3.8) is 0 Å². The summed E-state index contributed by atoms with van der Waals surface area (Å²) >= 11 is 1.17. The van der Waals surface area contributed by atoms with E-state index >= 15 is 0 Å². The highest BCUT2D eigenvalue weighted by atomic mass is 32.2. The smallest absolute Gasteiger partial charge is 0.337 e. The Balaban J connectivity index is 1.48. The summed E-state index contributed by atoms with van der Waals surface area (Å²) in [7, 11) is 1.31. The van der Waals surface area contributed by atoms with Gasteiger partial charge in [0.25, 0.3) is 5.91 Å².